The lowest BCUT2D eigenvalue weighted by atomic mass is 10.1. The molecule has 1 fully saturated rings. The molecule has 1 aliphatic heterocycles. The Balaban J connectivity index is 1.55. The summed E-state index contributed by atoms with van der Waals surface area (Å²) in [7, 11) is 0. The van der Waals surface area contributed by atoms with Crippen molar-refractivity contribution >= 4 is 11.6 Å². The maximum atomic E-state index is 5.97. The van der Waals surface area contributed by atoms with Crippen LogP contribution >= 0.6 is 11.6 Å². The van der Waals surface area contributed by atoms with Crippen LogP contribution in [-0.4, -0.2) is 39.6 Å². The zero-order valence-electron chi connectivity index (χ0n) is 13.7. The highest BCUT2D eigenvalue weighted by molar-refractivity contribution is 6.30. The van der Waals surface area contributed by atoms with Gasteiger partial charge in [-0.1, -0.05) is 23.7 Å². The molecular formula is C19H19ClN4O. The van der Waals surface area contributed by atoms with E-state index in [1.165, 1.54) is 5.56 Å². The molecule has 3 heterocycles. The lowest BCUT2D eigenvalue weighted by Gasteiger charge is -2.34. The average Bonchev–Trinajstić information content (AvgIpc) is 3.14. The Morgan fingerprint density at radius 3 is 2.76 bits per heavy atom. The average molecular weight is 355 g/mol. The predicted molar refractivity (Wildman–Crippen MR) is 97.2 cm³/mol. The van der Waals surface area contributed by atoms with Crippen LogP contribution < -0.4 is 0 Å². The molecule has 25 heavy (non-hydrogen) atoms. The number of aromatic amines is 1. The number of hydrogen-bond acceptors (Lipinski definition) is 4. The normalized spacial score (nSPS) is 18.4. The molecule has 1 N–H and O–H groups in total. The summed E-state index contributed by atoms with van der Waals surface area (Å²) in [6, 6.07) is 12.0. The van der Waals surface area contributed by atoms with E-state index >= 15 is 0 Å². The number of hydrogen-bond donors (Lipinski definition) is 1. The first-order valence-electron chi connectivity index (χ1n) is 8.31. The number of nitrogens with one attached hydrogen (secondary N) is 1. The molecule has 5 nitrogen and oxygen atoms in total. The topological polar surface area (TPSA) is 54.0 Å². The quantitative estimate of drug-likeness (QED) is 0.776. The van der Waals surface area contributed by atoms with Gasteiger partial charge in [-0.05, 0) is 35.4 Å². The first-order valence-corrected chi connectivity index (χ1v) is 8.69. The third kappa shape index (κ3) is 3.74. The summed E-state index contributed by atoms with van der Waals surface area (Å²) in [6.07, 6.45) is 5.53. The van der Waals surface area contributed by atoms with E-state index in [0.717, 1.165) is 41.8 Å². The lowest BCUT2D eigenvalue weighted by molar-refractivity contribution is -0.0156. The van der Waals surface area contributed by atoms with E-state index in [4.69, 9.17) is 16.3 Å². The van der Waals surface area contributed by atoms with E-state index < -0.39 is 0 Å². The molecule has 128 valence electrons. The van der Waals surface area contributed by atoms with Crippen LogP contribution in [0, 0.1) is 0 Å². The van der Waals surface area contributed by atoms with Crippen molar-refractivity contribution < 1.29 is 4.74 Å². The summed E-state index contributed by atoms with van der Waals surface area (Å²) in [6.45, 7) is 3.11. The van der Waals surface area contributed by atoms with E-state index in [-0.39, 0.29) is 6.04 Å². The van der Waals surface area contributed by atoms with Crippen molar-refractivity contribution in [1.29, 1.82) is 0 Å². The highest BCUT2D eigenvalue weighted by Gasteiger charge is 2.27. The van der Waals surface area contributed by atoms with Crippen molar-refractivity contribution in [2.75, 3.05) is 19.8 Å². The standard InChI is InChI=1S/C19H19ClN4O/c20-16-3-1-15(2-4-16)17-11-22-19(23-17)18-13-25-10-9-24(18)12-14-5-7-21-8-6-14/h1-8,11,18H,9-10,12-13H2,(H,22,23)/t18-/m0/s1. The molecule has 2 aromatic heterocycles. The molecule has 6 heteroatoms. The van der Waals surface area contributed by atoms with E-state index in [1.54, 1.807) is 0 Å². The Hall–Kier alpha value is -2.21. The third-order valence-electron chi connectivity index (χ3n) is 4.44. The molecule has 0 spiro atoms. The Bertz CT molecular complexity index is 819. The van der Waals surface area contributed by atoms with Crippen LogP contribution in [0.5, 0.6) is 0 Å². The van der Waals surface area contributed by atoms with Gasteiger partial charge in [0.25, 0.3) is 0 Å². The van der Waals surface area contributed by atoms with Crippen molar-refractivity contribution in [2.24, 2.45) is 0 Å². The number of ether oxygens (including phenoxy) is 1. The van der Waals surface area contributed by atoms with Crippen molar-refractivity contribution in [3.63, 3.8) is 0 Å². The van der Waals surface area contributed by atoms with Gasteiger partial charge in [-0.3, -0.25) is 9.88 Å². The molecule has 0 amide bonds. The minimum Gasteiger partial charge on any atom is -0.378 e. The monoisotopic (exact) mass is 354 g/mol. The van der Waals surface area contributed by atoms with Crippen molar-refractivity contribution in [3.8, 4) is 11.3 Å². The third-order valence-corrected chi connectivity index (χ3v) is 4.69. The summed E-state index contributed by atoms with van der Waals surface area (Å²) in [5.74, 6) is 0.929. The minimum absolute atomic E-state index is 0.114. The van der Waals surface area contributed by atoms with Crippen LogP contribution in [0.1, 0.15) is 17.4 Å². The predicted octanol–water partition coefficient (Wildman–Crippen LogP) is 3.70. The Morgan fingerprint density at radius 1 is 1.16 bits per heavy atom. The van der Waals surface area contributed by atoms with E-state index in [9.17, 15) is 0 Å². The van der Waals surface area contributed by atoms with Crippen LogP contribution in [0.3, 0.4) is 0 Å². The fourth-order valence-corrected chi connectivity index (χ4v) is 3.21. The van der Waals surface area contributed by atoms with Crippen LogP contribution in [0.15, 0.2) is 55.0 Å². The van der Waals surface area contributed by atoms with Crippen molar-refractivity contribution in [1.82, 2.24) is 19.9 Å². The minimum atomic E-state index is 0.114. The second-order valence-corrected chi connectivity index (χ2v) is 6.54. The summed E-state index contributed by atoms with van der Waals surface area (Å²) in [4.78, 5) is 14.5. The number of nitrogens with zero attached hydrogens (tertiary/aromatic N) is 3. The molecule has 0 unspecified atom stereocenters. The van der Waals surface area contributed by atoms with Crippen LogP contribution in [0.25, 0.3) is 11.3 Å². The molecule has 0 aliphatic carbocycles. The summed E-state index contributed by atoms with van der Waals surface area (Å²) < 4.78 is 5.70. The molecule has 1 aromatic carbocycles. The Labute approximate surface area is 151 Å². The number of morpholine rings is 1. The highest BCUT2D eigenvalue weighted by Crippen LogP contribution is 2.27. The first kappa shape index (κ1) is 16.3. The number of benzene rings is 1. The van der Waals surface area contributed by atoms with Gasteiger partial charge < -0.3 is 9.72 Å². The van der Waals surface area contributed by atoms with E-state index in [0.29, 0.717) is 6.61 Å². The number of H-pyrrole nitrogens is 1. The number of rotatable bonds is 4. The molecule has 4 rings (SSSR count). The van der Waals surface area contributed by atoms with Gasteiger partial charge in [0, 0.05) is 30.5 Å². The largest absolute Gasteiger partial charge is 0.378 e. The summed E-state index contributed by atoms with van der Waals surface area (Å²) in [5.41, 5.74) is 3.30. The fraction of sp³-hybridized carbons (Fsp3) is 0.263. The maximum absolute atomic E-state index is 5.97. The fourth-order valence-electron chi connectivity index (χ4n) is 3.08. The van der Waals surface area contributed by atoms with Crippen LogP contribution in [-0.2, 0) is 11.3 Å². The molecule has 3 aromatic rings. The summed E-state index contributed by atoms with van der Waals surface area (Å²) >= 11 is 5.97. The Morgan fingerprint density at radius 2 is 1.96 bits per heavy atom. The van der Waals surface area contributed by atoms with Gasteiger partial charge in [-0.2, -0.15) is 0 Å². The molecule has 1 atom stereocenters. The van der Waals surface area contributed by atoms with Crippen molar-refractivity contribution in [2.45, 2.75) is 12.6 Å². The van der Waals surface area contributed by atoms with Crippen LogP contribution in [0.2, 0.25) is 5.02 Å². The molecule has 1 saturated heterocycles. The number of pyridine rings is 1. The molecular weight excluding hydrogens is 336 g/mol. The van der Waals surface area contributed by atoms with Gasteiger partial charge in [0.2, 0.25) is 0 Å². The van der Waals surface area contributed by atoms with Gasteiger partial charge in [0.1, 0.15) is 5.82 Å². The second-order valence-electron chi connectivity index (χ2n) is 6.11. The number of imidazole rings is 1. The Kier molecular flexibility index (Phi) is 4.78. The summed E-state index contributed by atoms with van der Waals surface area (Å²) in [5, 5.41) is 0.729. The highest BCUT2D eigenvalue weighted by atomic mass is 35.5. The van der Waals surface area contributed by atoms with Crippen molar-refractivity contribution in [3.05, 3.63) is 71.4 Å². The van der Waals surface area contributed by atoms with Gasteiger partial charge in [0.05, 0.1) is 31.1 Å². The number of halogens is 1. The molecule has 0 saturated carbocycles. The van der Waals surface area contributed by atoms with Gasteiger partial charge in [-0.15, -0.1) is 0 Å². The zero-order chi connectivity index (χ0) is 17.1. The molecule has 0 radical (unpaired) electrons. The second kappa shape index (κ2) is 7.35. The molecule has 1 aliphatic rings. The van der Waals surface area contributed by atoms with Gasteiger partial charge in [0.15, 0.2) is 0 Å². The van der Waals surface area contributed by atoms with Crippen LogP contribution in [0.4, 0.5) is 0 Å². The van der Waals surface area contributed by atoms with Gasteiger partial charge >= 0.3 is 0 Å². The van der Waals surface area contributed by atoms with Gasteiger partial charge in [-0.25, -0.2) is 4.98 Å². The van der Waals surface area contributed by atoms with E-state index in [2.05, 4.69) is 19.9 Å². The SMILES string of the molecule is Clc1ccc(-c2cnc([C@@H]3COCCN3Cc3ccncc3)[nH]2)cc1. The maximum Gasteiger partial charge on any atom is 0.126 e. The van der Waals surface area contributed by atoms with E-state index in [1.807, 2.05) is 55.0 Å². The zero-order valence-corrected chi connectivity index (χ0v) is 14.5. The number of aromatic nitrogens is 3. The lowest BCUT2D eigenvalue weighted by Crippen LogP contribution is -2.39. The molecule has 0 bridgehead atoms. The first-order chi connectivity index (χ1) is 12.3. The smallest absolute Gasteiger partial charge is 0.126 e.